The largest absolute Gasteiger partial charge is 0.336 e. The average Bonchev–Trinajstić information content (AvgIpc) is 2.80. The molecule has 0 aliphatic carbocycles. The van der Waals surface area contributed by atoms with Crippen LogP contribution in [-0.2, 0) is 0 Å². The number of carbonyl (C=O) groups is 1. The number of hydrogen-bond acceptors (Lipinski definition) is 5. The first kappa shape index (κ1) is 20.6. The Morgan fingerprint density at radius 2 is 1.90 bits per heavy atom. The number of carbonyl (C=O) groups excluding carboxylic acids is 1. The highest BCUT2D eigenvalue weighted by molar-refractivity contribution is 5.94. The Kier molecular flexibility index (Phi) is 5.96. The summed E-state index contributed by atoms with van der Waals surface area (Å²) in [4.78, 5) is 29.4. The number of amides is 1. The third-order valence-corrected chi connectivity index (χ3v) is 5.23. The molecule has 1 aromatic heterocycles. The van der Waals surface area contributed by atoms with Gasteiger partial charge in [-0.3, -0.25) is 14.9 Å². The predicted molar refractivity (Wildman–Crippen MR) is 114 cm³/mol. The van der Waals surface area contributed by atoms with Crippen LogP contribution >= 0.6 is 0 Å². The van der Waals surface area contributed by atoms with Crippen LogP contribution in [-0.4, -0.2) is 42.0 Å². The number of rotatable bonds is 5. The van der Waals surface area contributed by atoms with E-state index in [1.54, 1.807) is 35.6 Å². The summed E-state index contributed by atoms with van der Waals surface area (Å²) in [5.74, 6) is -0.469. The smallest absolute Gasteiger partial charge is 0.258 e. The van der Waals surface area contributed by atoms with Gasteiger partial charge in [0.15, 0.2) is 5.70 Å². The fourth-order valence-corrected chi connectivity index (χ4v) is 3.53. The second-order valence-corrected chi connectivity index (χ2v) is 7.21. The number of piperazine rings is 1. The van der Waals surface area contributed by atoms with Crippen molar-refractivity contribution in [2.24, 2.45) is 5.11 Å². The first-order chi connectivity index (χ1) is 15.1. The van der Waals surface area contributed by atoms with Crippen LogP contribution in [0.25, 0.3) is 16.6 Å². The Bertz CT molecular complexity index is 1210. The SMILES string of the molecule is N=NC(=C[NH2+]c1ccc(C(=O)N2CCNCC2)cc1)c1cc2c(F)cccc2[nH]c1=O. The van der Waals surface area contributed by atoms with E-state index in [-0.39, 0.29) is 22.6 Å². The first-order valence-electron chi connectivity index (χ1n) is 9.91. The van der Waals surface area contributed by atoms with E-state index in [1.165, 1.54) is 24.4 Å². The number of benzene rings is 2. The fraction of sp³-hybridized carbons (Fsp3) is 0.182. The Hall–Kier alpha value is -3.69. The second kappa shape index (κ2) is 8.99. The number of H-pyrrole nitrogens is 1. The number of quaternary nitrogens is 1. The lowest BCUT2D eigenvalue weighted by molar-refractivity contribution is -0.495. The van der Waals surface area contributed by atoms with E-state index >= 15 is 0 Å². The molecule has 1 fully saturated rings. The van der Waals surface area contributed by atoms with Crippen molar-refractivity contribution in [3.8, 4) is 0 Å². The molecule has 9 heteroatoms. The van der Waals surface area contributed by atoms with Gasteiger partial charge in [0.2, 0.25) is 0 Å². The molecular weight excluding hydrogens is 399 g/mol. The third-order valence-electron chi connectivity index (χ3n) is 5.23. The minimum atomic E-state index is -0.465. The van der Waals surface area contributed by atoms with Crippen LogP contribution in [0.1, 0.15) is 15.9 Å². The van der Waals surface area contributed by atoms with Crippen molar-refractivity contribution in [2.75, 3.05) is 26.2 Å². The third kappa shape index (κ3) is 4.42. The van der Waals surface area contributed by atoms with Gasteiger partial charge in [0.1, 0.15) is 17.7 Å². The lowest BCUT2D eigenvalue weighted by atomic mass is 10.1. The van der Waals surface area contributed by atoms with Crippen LogP contribution in [0.15, 0.2) is 64.6 Å². The van der Waals surface area contributed by atoms with Crippen molar-refractivity contribution in [3.63, 3.8) is 0 Å². The summed E-state index contributed by atoms with van der Waals surface area (Å²) in [6.07, 6.45) is 1.53. The van der Waals surface area contributed by atoms with Crippen molar-refractivity contribution >= 4 is 28.2 Å². The minimum absolute atomic E-state index is 0.00448. The molecule has 2 heterocycles. The molecule has 1 aliphatic rings. The van der Waals surface area contributed by atoms with E-state index in [2.05, 4.69) is 15.4 Å². The Morgan fingerprint density at radius 3 is 2.61 bits per heavy atom. The van der Waals surface area contributed by atoms with Gasteiger partial charge in [-0.1, -0.05) is 6.07 Å². The highest BCUT2D eigenvalue weighted by Gasteiger charge is 2.18. The molecule has 0 atom stereocenters. The van der Waals surface area contributed by atoms with E-state index in [9.17, 15) is 14.0 Å². The molecule has 1 aliphatic heterocycles. The van der Waals surface area contributed by atoms with Crippen LogP contribution in [0.3, 0.4) is 0 Å². The van der Waals surface area contributed by atoms with Gasteiger partial charge in [0, 0.05) is 49.3 Å². The molecule has 158 valence electrons. The molecule has 1 saturated heterocycles. The molecule has 1 amide bonds. The number of halogens is 1. The van der Waals surface area contributed by atoms with Crippen LogP contribution in [0, 0.1) is 11.3 Å². The summed E-state index contributed by atoms with van der Waals surface area (Å²) in [6.45, 7) is 2.95. The summed E-state index contributed by atoms with van der Waals surface area (Å²) in [5.41, 5.74) is 8.98. The quantitative estimate of drug-likeness (QED) is 0.372. The van der Waals surface area contributed by atoms with Gasteiger partial charge < -0.3 is 15.2 Å². The molecule has 31 heavy (non-hydrogen) atoms. The maximum Gasteiger partial charge on any atom is 0.258 e. The molecule has 2 aromatic carbocycles. The standard InChI is InChI=1S/C22H21FN6O2/c23-18-2-1-3-19-16(18)12-17(21(30)27-19)20(28-24)13-26-15-6-4-14(5-7-15)22(31)29-10-8-25-9-11-29/h1-7,12-13,24-26H,8-11H2,(H,27,30)/p+1. The van der Waals surface area contributed by atoms with Gasteiger partial charge in [-0.25, -0.2) is 9.92 Å². The number of nitrogens with one attached hydrogen (secondary N) is 3. The average molecular weight is 421 g/mol. The number of aromatic nitrogens is 1. The van der Waals surface area contributed by atoms with E-state index in [4.69, 9.17) is 5.53 Å². The molecule has 0 bridgehead atoms. The van der Waals surface area contributed by atoms with Crippen LogP contribution < -0.4 is 16.2 Å². The maximum atomic E-state index is 14.1. The Labute approximate surface area is 177 Å². The maximum absolute atomic E-state index is 14.1. The number of hydrogen-bond donors (Lipinski definition) is 4. The van der Waals surface area contributed by atoms with Gasteiger partial charge >= 0.3 is 0 Å². The molecular formula is C22H22FN6O2+. The topological polar surface area (TPSA) is 118 Å². The number of nitrogens with zero attached hydrogens (tertiary/aromatic N) is 2. The molecule has 4 rings (SSSR count). The highest BCUT2D eigenvalue weighted by atomic mass is 19.1. The lowest BCUT2D eigenvalue weighted by Gasteiger charge is -2.27. The van der Waals surface area contributed by atoms with Crippen LogP contribution in [0.2, 0.25) is 0 Å². The monoisotopic (exact) mass is 421 g/mol. The molecule has 0 spiro atoms. The number of fused-ring (bicyclic) bond motifs is 1. The lowest BCUT2D eigenvalue weighted by Crippen LogP contribution is -2.71. The van der Waals surface area contributed by atoms with Gasteiger partial charge in [-0.15, -0.1) is 0 Å². The minimum Gasteiger partial charge on any atom is -0.336 e. The van der Waals surface area contributed by atoms with Gasteiger partial charge in [-0.05, 0) is 30.3 Å². The molecule has 0 saturated carbocycles. The molecule has 3 aromatic rings. The zero-order chi connectivity index (χ0) is 21.8. The number of pyridine rings is 1. The van der Waals surface area contributed by atoms with Crippen molar-refractivity contribution in [1.29, 1.82) is 5.53 Å². The number of aromatic amines is 1. The van der Waals surface area contributed by atoms with E-state index < -0.39 is 11.4 Å². The zero-order valence-electron chi connectivity index (χ0n) is 16.7. The summed E-state index contributed by atoms with van der Waals surface area (Å²) in [7, 11) is 0. The predicted octanol–water partition coefficient (Wildman–Crippen LogP) is 1.94. The van der Waals surface area contributed by atoms with Crippen LogP contribution in [0.4, 0.5) is 10.1 Å². The van der Waals surface area contributed by atoms with E-state index in [0.29, 0.717) is 24.2 Å². The summed E-state index contributed by atoms with van der Waals surface area (Å²) in [5, 5.41) is 8.61. The molecule has 0 radical (unpaired) electrons. The first-order valence-corrected chi connectivity index (χ1v) is 9.91. The highest BCUT2D eigenvalue weighted by Crippen LogP contribution is 2.19. The summed E-state index contributed by atoms with van der Waals surface area (Å²) in [6, 6.07) is 12.9. The Balaban J connectivity index is 1.54. The molecule has 5 N–H and O–H groups in total. The second-order valence-electron chi connectivity index (χ2n) is 7.21. The van der Waals surface area contributed by atoms with Gasteiger partial charge in [0.05, 0.1) is 11.1 Å². The van der Waals surface area contributed by atoms with Crippen molar-refractivity contribution in [1.82, 2.24) is 15.2 Å². The van der Waals surface area contributed by atoms with E-state index in [1.807, 2.05) is 4.90 Å². The Morgan fingerprint density at radius 1 is 1.16 bits per heavy atom. The molecule has 8 nitrogen and oxygen atoms in total. The summed E-state index contributed by atoms with van der Waals surface area (Å²) < 4.78 is 14.1. The van der Waals surface area contributed by atoms with Gasteiger partial charge in [-0.2, -0.15) is 5.11 Å². The zero-order valence-corrected chi connectivity index (χ0v) is 16.7. The normalized spacial score (nSPS) is 14.6. The van der Waals surface area contributed by atoms with Crippen molar-refractivity contribution < 1.29 is 14.5 Å². The van der Waals surface area contributed by atoms with Crippen molar-refractivity contribution in [2.45, 2.75) is 0 Å². The summed E-state index contributed by atoms with van der Waals surface area (Å²) >= 11 is 0. The van der Waals surface area contributed by atoms with E-state index in [0.717, 1.165) is 18.8 Å². The fourth-order valence-electron chi connectivity index (χ4n) is 3.53. The van der Waals surface area contributed by atoms with Crippen LogP contribution in [0.5, 0.6) is 0 Å². The molecule has 0 unspecified atom stereocenters. The van der Waals surface area contributed by atoms with Crippen molar-refractivity contribution in [3.05, 3.63) is 82.0 Å². The van der Waals surface area contributed by atoms with Gasteiger partial charge in [0.25, 0.3) is 11.5 Å². The number of nitrogens with two attached hydrogens (primary N) is 1.